The van der Waals surface area contributed by atoms with E-state index in [1.807, 2.05) is 11.0 Å². The van der Waals surface area contributed by atoms with Crippen molar-refractivity contribution in [2.24, 2.45) is 10.9 Å². The summed E-state index contributed by atoms with van der Waals surface area (Å²) >= 11 is 0. The number of guanidine groups is 1. The van der Waals surface area contributed by atoms with Gasteiger partial charge in [-0.15, -0.1) is 0 Å². The van der Waals surface area contributed by atoms with Crippen LogP contribution in [0.1, 0.15) is 50.5 Å². The summed E-state index contributed by atoms with van der Waals surface area (Å²) in [7, 11) is 1.77. The number of nitrogens with one attached hydrogen (secondary N) is 2. The molecule has 1 amide bonds. The minimum atomic E-state index is -0.177. The zero-order valence-electron chi connectivity index (χ0n) is 16.7. The van der Waals surface area contributed by atoms with E-state index in [2.05, 4.69) is 15.6 Å². The van der Waals surface area contributed by atoms with Crippen LogP contribution in [0.4, 0.5) is 4.39 Å². The van der Waals surface area contributed by atoms with E-state index < -0.39 is 0 Å². The monoisotopic (exact) mass is 386 g/mol. The molecule has 0 aromatic heterocycles. The summed E-state index contributed by atoms with van der Waals surface area (Å²) in [5, 5.41) is 6.90. The van der Waals surface area contributed by atoms with Crippen molar-refractivity contribution in [3.63, 3.8) is 0 Å². The quantitative estimate of drug-likeness (QED) is 0.604. The first-order valence-electron chi connectivity index (χ1n) is 10.6. The van der Waals surface area contributed by atoms with Gasteiger partial charge in [0, 0.05) is 44.1 Å². The van der Waals surface area contributed by atoms with Gasteiger partial charge in [0.2, 0.25) is 5.91 Å². The van der Waals surface area contributed by atoms with E-state index in [1.165, 1.54) is 18.9 Å². The van der Waals surface area contributed by atoms with Crippen LogP contribution >= 0.6 is 0 Å². The molecule has 0 spiro atoms. The van der Waals surface area contributed by atoms with Gasteiger partial charge in [-0.2, -0.15) is 0 Å². The predicted octanol–water partition coefficient (Wildman–Crippen LogP) is 2.81. The van der Waals surface area contributed by atoms with Crippen LogP contribution in [-0.4, -0.2) is 49.5 Å². The molecule has 1 saturated heterocycles. The topological polar surface area (TPSA) is 56.7 Å². The molecule has 28 heavy (non-hydrogen) atoms. The fourth-order valence-corrected chi connectivity index (χ4v) is 4.69. The minimum Gasteiger partial charge on any atom is -0.356 e. The number of benzene rings is 1. The second-order valence-corrected chi connectivity index (χ2v) is 8.61. The molecule has 1 atom stereocenters. The fraction of sp³-hybridized carbons (Fsp3) is 0.636. The van der Waals surface area contributed by atoms with E-state index in [0.29, 0.717) is 5.91 Å². The molecule has 0 radical (unpaired) electrons. The molecule has 5 nitrogen and oxygen atoms in total. The van der Waals surface area contributed by atoms with Crippen LogP contribution in [0.5, 0.6) is 0 Å². The largest absolute Gasteiger partial charge is 0.356 e. The smallest absolute Gasteiger partial charge is 0.225 e. The number of hydrogen-bond acceptors (Lipinski definition) is 2. The van der Waals surface area contributed by atoms with Crippen molar-refractivity contribution >= 4 is 11.9 Å². The van der Waals surface area contributed by atoms with Crippen LogP contribution in [0.2, 0.25) is 0 Å². The number of amides is 1. The summed E-state index contributed by atoms with van der Waals surface area (Å²) in [6, 6.07) is 7.17. The third kappa shape index (κ3) is 4.15. The maximum atomic E-state index is 13.6. The molecular formula is C22H31FN4O. The van der Waals surface area contributed by atoms with E-state index in [1.54, 1.807) is 19.2 Å². The Morgan fingerprint density at radius 2 is 2.07 bits per heavy atom. The summed E-state index contributed by atoms with van der Waals surface area (Å²) in [6.45, 7) is 2.33. The van der Waals surface area contributed by atoms with Crippen LogP contribution < -0.4 is 10.6 Å². The van der Waals surface area contributed by atoms with E-state index in [0.717, 1.165) is 63.3 Å². The third-order valence-electron chi connectivity index (χ3n) is 6.65. The normalized spacial score (nSPS) is 24.4. The average Bonchev–Trinajstić information content (AvgIpc) is 3.09. The second-order valence-electron chi connectivity index (χ2n) is 8.61. The molecule has 2 saturated carbocycles. The van der Waals surface area contributed by atoms with Gasteiger partial charge >= 0.3 is 0 Å². The Bertz CT molecular complexity index is 740. The SMILES string of the molecule is CN=C(NCC1(c2cccc(F)c2)CC1)NC1CCN(C(=O)C2CCCC2)C1. The second kappa shape index (κ2) is 8.10. The van der Waals surface area contributed by atoms with Gasteiger partial charge in [0.1, 0.15) is 5.82 Å². The number of carbonyl (C=O) groups excluding carboxylic acids is 1. The lowest BCUT2D eigenvalue weighted by Gasteiger charge is -2.23. The molecule has 1 aromatic rings. The highest BCUT2D eigenvalue weighted by Crippen LogP contribution is 2.47. The van der Waals surface area contributed by atoms with Crippen molar-refractivity contribution in [2.75, 3.05) is 26.7 Å². The van der Waals surface area contributed by atoms with E-state index in [9.17, 15) is 9.18 Å². The van der Waals surface area contributed by atoms with Gasteiger partial charge in [0.25, 0.3) is 0 Å². The molecule has 2 aliphatic carbocycles. The predicted molar refractivity (Wildman–Crippen MR) is 109 cm³/mol. The lowest BCUT2D eigenvalue weighted by Crippen LogP contribution is -2.47. The Kier molecular flexibility index (Phi) is 5.56. The summed E-state index contributed by atoms with van der Waals surface area (Å²) in [5.41, 5.74) is 1.07. The van der Waals surface area contributed by atoms with Gasteiger partial charge in [-0.3, -0.25) is 9.79 Å². The number of carbonyl (C=O) groups is 1. The van der Waals surface area contributed by atoms with Gasteiger partial charge in [-0.25, -0.2) is 4.39 Å². The maximum absolute atomic E-state index is 13.6. The molecule has 1 heterocycles. The number of aliphatic imine (C=N–C) groups is 1. The minimum absolute atomic E-state index is 0.0138. The Morgan fingerprint density at radius 3 is 2.75 bits per heavy atom. The first kappa shape index (κ1) is 19.2. The maximum Gasteiger partial charge on any atom is 0.225 e. The molecule has 1 unspecified atom stereocenters. The van der Waals surface area contributed by atoms with Crippen molar-refractivity contribution < 1.29 is 9.18 Å². The zero-order chi connectivity index (χ0) is 19.6. The Balaban J connectivity index is 1.28. The number of halogens is 1. The standard InChI is InChI=1S/C22H31FN4O/c1-24-21(25-15-22(10-11-22)17-7-4-8-18(23)13-17)26-19-9-12-27(14-19)20(28)16-5-2-3-6-16/h4,7-8,13,16,19H,2-3,5-6,9-12,14-15H2,1H3,(H2,24,25,26). The lowest BCUT2D eigenvalue weighted by atomic mass is 9.96. The molecule has 1 aromatic carbocycles. The highest BCUT2D eigenvalue weighted by molar-refractivity contribution is 5.81. The number of rotatable bonds is 5. The van der Waals surface area contributed by atoms with Crippen molar-refractivity contribution in [3.05, 3.63) is 35.6 Å². The van der Waals surface area contributed by atoms with Crippen LogP contribution in [-0.2, 0) is 10.2 Å². The van der Waals surface area contributed by atoms with Crippen LogP contribution in [0.3, 0.4) is 0 Å². The van der Waals surface area contributed by atoms with Gasteiger partial charge < -0.3 is 15.5 Å². The first-order valence-corrected chi connectivity index (χ1v) is 10.6. The molecule has 6 heteroatoms. The number of likely N-dealkylation sites (tertiary alicyclic amines) is 1. The molecule has 4 rings (SSSR count). The summed E-state index contributed by atoms with van der Waals surface area (Å²) in [5.74, 6) is 1.18. The highest BCUT2D eigenvalue weighted by Gasteiger charge is 2.44. The fourth-order valence-electron chi connectivity index (χ4n) is 4.69. The summed E-state index contributed by atoms with van der Waals surface area (Å²) in [6.07, 6.45) is 7.57. The van der Waals surface area contributed by atoms with E-state index in [-0.39, 0.29) is 23.2 Å². The van der Waals surface area contributed by atoms with Gasteiger partial charge in [-0.1, -0.05) is 25.0 Å². The van der Waals surface area contributed by atoms with Crippen molar-refractivity contribution in [3.8, 4) is 0 Å². The van der Waals surface area contributed by atoms with E-state index in [4.69, 9.17) is 0 Å². The Labute approximate surface area is 166 Å². The van der Waals surface area contributed by atoms with Gasteiger partial charge in [0.05, 0.1) is 0 Å². The molecule has 3 fully saturated rings. The third-order valence-corrected chi connectivity index (χ3v) is 6.65. The average molecular weight is 387 g/mol. The van der Waals surface area contributed by atoms with Crippen molar-refractivity contribution in [1.82, 2.24) is 15.5 Å². The summed E-state index contributed by atoms with van der Waals surface area (Å²) < 4.78 is 13.6. The van der Waals surface area contributed by atoms with Crippen LogP contribution in [0.25, 0.3) is 0 Å². The van der Waals surface area contributed by atoms with Gasteiger partial charge in [-0.05, 0) is 49.8 Å². The van der Waals surface area contributed by atoms with Crippen LogP contribution in [0.15, 0.2) is 29.3 Å². The number of nitrogens with zero attached hydrogens (tertiary/aromatic N) is 2. The molecule has 1 aliphatic heterocycles. The van der Waals surface area contributed by atoms with Crippen molar-refractivity contribution in [2.45, 2.75) is 56.4 Å². The zero-order valence-corrected chi connectivity index (χ0v) is 16.7. The van der Waals surface area contributed by atoms with Crippen molar-refractivity contribution in [1.29, 1.82) is 0 Å². The van der Waals surface area contributed by atoms with E-state index >= 15 is 0 Å². The molecule has 3 aliphatic rings. The van der Waals surface area contributed by atoms with Crippen LogP contribution in [0, 0.1) is 11.7 Å². The van der Waals surface area contributed by atoms with Gasteiger partial charge in [0.15, 0.2) is 5.96 Å². The first-order chi connectivity index (χ1) is 13.6. The summed E-state index contributed by atoms with van der Waals surface area (Å²) in [4.78, 5) is 19.0. The highest BCUT2D eigenvalue weighted by atomic mass is 19.1. The molecular weight excluding hydrogens is 355 g/mol. The number of hydrogen-bond donors (Lipinski definition) is 2. The Hall–Kier alpha value is -2.11. The molecule has 2 N–H and O–H groups in total. The molecule has 0 bridgehead atoms. The molecule has 152 valence electrons. The lowest BCUT2D eigenvalue weighted by molar-refractivity contribution is -0.134. The Morgan fingerprint density at radius 1 is 1.29 bits per heavy atom.